The number of ether oxygens (including phenoxy) is 1. The van der Waals surface area contributed by atoms with Crippen LogP contribution in [0.3, 0.4) is 0 Å². The number of aromatic amines is 1. The number of aromatic nitrogens is 1. The van der Waals surface area contributed by atoms with E-state index >= 15 is 0 Å². The van der Waals surface area contributed by atoms with Gasteiger partial charge in [-0.2, -0.15) is 0 Å². The van der Waals surface area contributed by atoms with Gasteiger partial charge in [0, 0.05) is 5.69 Å². The molecule has 5 nitrogen and oxygen atoms in total. The van der Waals surface area contributed by atoms with Gasteiger partial charge in [-0.3, -0.25) is 4.90 Å². The number of hydrogen-bond donors (Lipinski definition) is 0. The van der Waals surface area contributed by atoms with Crippen LogP contribution in [0.4, 0.5) is 15.9 Å². The lowest BCUT2D eigenvalue weighted by Crippen LogP contribution is -2.48. The van der Waals surface area contributed by atoms with Crippen LogP contribution in [0.15, 0.2) is 42.6 Å². The quantitative estimate of drug-likeness (QED) is 0.810. The Morgan fingerprint density at radius 2 is 1.74 bits per heavy atom. The van der Waals surface area contributed by atoms with Crippen LogP contribution in [0.2, 0.25) is 0 Å². The van der Waals surface area contributed by atoms with Crippen LogP contribution in [-0.4, -0.2) is 39.3 Å². The van der Waals surface area contributed by atoms with Gasteiger partial charge >= 0.3 is 5.97 Å². The summed E-state index contributed by atoms with van der Waals surface area (Å²) in [6.45, 7) is 3.13. The van der Waals surface area contributed by atoms with Gasteiger partial charge < -0.3 is 9.64 Å². The molecule has 1 fully saturated rings. The highest BCUT2D eigenvalue weighted by molar-refractivity contribution is 5.93. The highest BCUT2D eigenvalue weighted by atomic mass is 19.1. The first-order chi connectivity index (χ1) is 11.2. The van der Waals surface area contributed by atoms with Gasteiger partial charge in [-0.1, -0.05) is 0 Å². The topological polar surface area (TPSA) is 46.9 Å². The zero-order valence-electron chi connectivity index (χ0n) is 13.0. The normalized spacial score (nSPS) is 14.7. The molecule has 23 heavy (non-hydrogen) atoms. The summed E-state index contributed by atoms with van der Waals surface area (Å²) in [5.74, 6) is 0.199. The fourth-order valence-corrected chi connectivity index (χ4v) is 2.80. The monoisotopic (exact) mass is 316 g/mol. The average Bonchev–Trinajstić information content (AvgIpc) is 2.62. The number of piperazine rings is 1. The molecule has 1 aromatic heterocycles. The number of carbonyl (C=O) groups is 1. The number of benzene rings is 1. The molecule has 120 valence electrons. The first-order valence-electron chi connectivity index (χ1n) is 7.53. The Kier molecular flexibility index (Phi) is 4.41. The first-order valence-corrected chi connectivity index (χ1v) is 7.53. The molecule has 3 rings (SSSR count). The molecule has 1 aliphatic rings. The van der Waals surface area contributed by atoms with Gasteiger partial charge in [-0.15, -0.1) is 0 Å². The predicted molar refractivity (Wildman–Crippen MR) is 85.2 cm³/mol. The molecule has 1 N–H and O–H groups in total. The summed E-state index contributed by atoms with van der Waals surface area (Å²) in [5.41, 5.74) is 1.54. The molecule has 1 aliphatic heterocycles. The molecular formula is C17H19FN3O2+. The van der Waals surface area contributed by atoms with Crippen molar-refractivity contribution in [3.63, 3.8) is 0 Å². The van der Waals surface area contributed by atoms with Gasteiger partial charge in [-0.05, 0) is 36.4 Å². The maximum absolute atomic E-state index is 13.0. The van der Waals surface area contributed by atoms with Crippen molar-refractivity contribution in [1.82, 2.24) is 0 Å². The Hall–Kier alpha value is -2.63. The van der Waals surface area contributed by atoms with Crippen molar-refractivity contribution in [1.29, 1.82) is 0 Å². The SMILES string of the molecule is COC(=O)c1ccc[nH+]c1N1CCN(c2ccc(F)cc2)CC1. The molecule has 0 aliphatic carbocycles. The van der Waals surface area contributed by atoms with Crippen LogP contribution in [-0.2, 0) is 4.74 Å². The van der Waals surface area contributed by atoms with Crippen LogP contribution in [0.5, 0.6) is 0 Å². The van der Waals surface area contributed by atoms with Crippen molar-refractivity contribution >= 4 is 17.5 Å². The van der Waals surface area contributed by atoms with E-state index in [4.69, 9.17) is 4.74 Å². The number of H-pyrrole nitrogens is 1. The third-order valence-electron chi connectivity index (χ3n) is 4.03. The minimum Gasteiger partial charge on any atom is -0.465 e. The number of halogens is 1. The van der Waals surface area contributed by atoms with E-state index in [1.54, 1.807) is 30.5 Å². The molecule has 6 heteroatoms. The molecule has 2 aromatic rings. The first kappa shape index (κ1) is 15.3. The Labute approximate surface area is 134 Å². The minimum absolute atomic E-state index is 0.228. The Morgan fingerprint density at radius 3 is 2.39 bits per heavy atom. The number of esters is 1. The van der Waals surface area contributed by atoms with Crippen LogP contribution in [0.25, 0.3) is 0 Å². The highest BCUT2D eigenvalue weighted by Gasteiger charge is 2.28. The molecule has 0 radical (unpaired) electrons. The Bertz CT molecular complexity index is 682. The number of nitrogens with one attached hydrogen (secondary N) is 1. The lowest BCUT2D eigenvalue weighted by Gasteiger charge is -2.32. The van der Waals surface area contributed by atoms with E-state index in [0.717, 1.165) is 37.7 Å². The summed E-state index contributed by atoms with van der Waals surface area (Å²) in [6.07, 6.45) is 1.80. The second-order valence-electron chi connectivity index (χ2n) is 5.37. The van der Waals surface area contributed by atoms with E-state index in [0.29, 0.717) is 5.56 Å². The number of anilines is 2. The fraction of sp³-hybridized carbons (Fsp3) is 0.294. The standard InChI is InChI=1S/C17H18FN3O2/c1-23-17(22)15-3-2-8-19-16(15)21-11-9-20(10-12-21)14-6-4-13(18)5-7-14/h2-8H,9-12H2,1H3/p+1. The number of hydrogen-bond acceptors (Lipinski definition) is 4. The van der Waals surface area contributed by atoms with Crippen LogP contribution >= 0.6 is 0 Å². The summed E-state index contributed by atoms with van der Waals surface area (Å²) in [5, 5.41) is 0. The zero-order valence-corrected chi connectivity index (χ0v) is 13.0. The number of pyridine rings is 1. The summed E-state index contributed by atoms with van der Waals surface area (Å²) in [6, 6.07) is 10.1. The second kappa shape index (κ2) is 6.64. The summed E-state index contributed by atoms with van der Waals surface area (Å²) in [4.78, 5) is 19.4. The van der Waals surface area contributed by atoms with Crippen LogP contribution < -0.4 is 14.8 Å². The van der Waals surface area contributed by atoms with Crippen molar-refractivity contribution in [2.75, 3.05) is 43.1 Å². The molecule has 0 amide bonds. The summed E-state index contributed by atoms with van der Waals surface area (Å²) in [7, 11) is 1.38. The van der Waals surface area contributed by atoms with Crippen LogP contribution in [0.1, 0.15) is 10.4 Å². The molecule has 0 atom stereocenters. The van der Waals surface area contributed by atoms with Crippen molar-refractivity contribution in [2.45, 2.75) is 0 Å². The Morgan fingerprint density at radius 1 is 1.09 bits per heavy atom. The molecule has 0 bridgehead atoms. The van der Waals surface area contributed by atoms with Gasteiger partial charge in [0.05, 0.1) is 26.4 Å². The molecule has 0 spiro atoms. The van der Waals surface area contributed by atoms with E-state index in [9.17, 15) is 9.18 Å². The number of methoxy groups -OCH3 is 1. The smallest absolute Gasteiger partial charge is 0.346 e. The largest absolute Gasteiger partial charge is 0.465 e. The van der Waals surface area contributed by atoms with E-state index in [-0.39, 0.29) is 11.8 Å². The Balaban J connectivity index is 1.72. The van der Waals surface area contributed by atoms with Crippen molar-refractivity contribution in [2.24, 2.45) is 0 Å². The van der Waals surface area contributed by atoms with Crippen LogP contribution in [0, 0.1) is 5.82 Å². The number of nitrogens with zero attached hydrogens (tertiary/aromatic N) is 2. The van der Waals surface area contributed by atoms with Gasteiger partial charge in [-0.25, -0.2) is 14.2 Å². The highest BCUT2D eigenvalue weighted by Crippen LogP contribution is 2.21. The van der Waals surface area contributed by atoms with E-state index in [2.05, 4.69) is 14.8 Å². The van der Waals surface area contributed by atoms with Crippen molar-refractivity contribution < 1.29 is 18.9 Å². The van der Waals surface area contributed by atoms with Crippen molar-refractivity contribution in [3.05, 3.63) is 54.0 Å². The van der Waals surface area contributed by atoms with E-state index in [1.807, 2.05) is 0 Å². The number of rotatable bonds is 3. The fourth-order valence-electron chi connectivity index (χ4n) is 2.80. The molecule has 2 heterocycles. The van der Waals surface area contributed by atoms with E-state index in [1.165, 1.54) is 19.2 Å². The third-order valence-corrected chi connectivity index (χ3v) is 4.03. The molecule has 0 unspecified atom stereocenters. The number of carbonyl (C=O) groups excluding carboxylic acids is 1. The maximum Gasteiger partial charge on any atom is 0.346 e. The van der Waals surface area contributed by atoms with Gasteiger partial charge in [0.2, 0.25) is 0 Å². The predicted octanol–water partition coefficient (Wildman–Crippen LogP) is 1.75. The summed E-state index contributed by atoms with van der Waals surface area (Å²) < 4.78 is 17.9. The minimum atomic E-state index is -0.349. The van der Waals surface area contributed by atoms with E-state index < -0.39 is 0 Å². The maximum atomic E-state index is 13.0. The molecule has 1 saturated heterocycles. The lowest BCUT2D eigenvalue weighted by atomic mass is 10.2. The van der Waals surface area contributed by atoms with Gasteiger partial charge in [0.25, 0.3) is 5.82 Å². The van der Waals surface area contributed by atoms with Crippen molar-refractivity contribution in [3.8, 4) is 0 Å². The zero-order chi connectivity index (χ0) is 16.2. The third kappa shape index (κ3) is 3.26. The molecular weight excluding hydrogens is 297 g/mol. The second-order valence-corrected chi connectivity index (χ2v) is 5.37. The molecule has 1 aromatic carbocycles. The van der Waals surface area contributed by atoms with Gasteiger partial charge in [0.1, 0.15) is 24.5 Å². The van der Waals surface area contributed by atoms with Gasteiger partial charge in [0.15, 0.2) is 0 Å². The molecule has 0 saturated carbocycles. The summed E-state index contributed by atoms with van der Waals surface area (Å²) >= 11 is 0. The lowest BCUT2D eigenvalue weighted by molar-refractivity contribution is -0.364. The average molecular weight is 316 g/mol.